The van der Waals surface area contributed by atoms with Crippen molar-refractivity contribution in [3.05, 3.63) is 82.9 Å². The van der Waals surface area contributed by atoms with E-state index in [9.17, 15) is 19.4 Å². The Labute approximate surface area is 179 Å². The monoisotopic (exact) mass is 422 g/mol. The highest BCUT2D eigenvalue weighted by molar-refractivity contribution is 5.93. The maximum absolute atomic E-state index is 13.1. The van der Waals surface area contributed by atoms with E-state index < -0.39 is 11.7 Å². The van der Waals surface area contributed by atoms with Crippen molar-refractivity contribution in [3.63, 3.8) is 0 Å². The fourth-order valence-electron chi connectivity index (χ4n) is 4.42. The first-order chi connectivity index (χ1) is 14.9. The number of allylic oxidation sites excluding steroid dienone is 1. The summed E-state index contributed by atoms with van der Waals surface area (Å²) in [4.78, 5) is 13.5. The third-order valence-corrected chi connectivity index (χ3v) is 6.00. The van der Waals surface area contributed by atoms with E-state index in [-0.39, 0.29) is 11.7 Å². The highest BCUT2D eigenvalue weighted by atomic mass is 19.1. The molecule has 0 saturated carbocycles. The number of fused-ring (bicyclic) bond motifs is 2. The van der Waals surface area contributed by atoms with Gasteiger partial charge >= 0.3 is 0 Å². The lowest BCUT2D eigenvalue weighted by Crippen LogP contribution is -2.33. The van der Waals surface area contributed by atoms with E-state index in [4.69, 9.17) is 4.74 Å². The Hall–Kier alpha value is -3.00. The minimum atomic E-state index is -1.13. The average molecular weight is 422 g/mol. The lowest BCUT2D eigenvalue weighted by Gasteiger charge is -2.23. The molecule has 1 aliphatic carbocycles. The van der Waals surface area contributed by atoms with Gasteiger partial charge in [0.05, 0.1) is 6.10 Å². The largest absolute Gasteiger partial charge is 0.458 e. The molecule has 1 fully saturated rings. The van der Waals surface area contributed by atoms with Gasteiger partial charge < -0.3 is 20.3 Å². The van der Waals surface area contributed by atoms with Gasteiger partial charge in [-0.15, -0.1) is 0 Å². The minimum Gasteiger partial charge on any atom is -0.458 e. The smallest absolute Gasteiger partial charge is 0.224 e. The van der Waals surface area contributed by atoms with Gasteiger partial charge in [-0.2, -0.15) is 0 Å². The lowest BCUT2D eigenvalue weighted by atomic mass is 9.98. The molecule has 1 amide bonds. The van der Waals surface area contributed by atoms with E-state index in [1.807, 2.05) is 23.1 Å². The summed E-state index contributed by atoms with van der Waals surface area (Å²) in [7, 11) is 0. The predicted molar refractivity (Wildman–Crippen MR) is 113 cm³/mol. The van der Waals surface area contributed by atoms with Crippen LogP contribution in [-0.4, -0.2) is 46.3 Å². The van der Waals surface area contributed by atoms with Crippen LogP contribution in [0.15, 0.2) is 65.9 Å². The molecule has 0 unspecified atom stereocenters. The zero-order valence-electron chi connectivity index (χ0n) is 16.8. The summed E-state index contributed by atoms with van der Waals surface area (Å²) in [6.45, 7) is 1.25. The minimum absolute atomic E-state index is 0.0155. The first-order valence-electron chi connectivity index (χ1n) is 10.3. The Morgan fingerprint density at radius 2 is 2.00 bits per heavy atom. The summed E-state index contributed by atoms with van der Waals surface area (Å²) in [5.41, 5.74) is 2.31. The SMILES string of the molecule is O=C1CCc2cc([C@@H](O)CN3CC4=CC(Oc5ccc(F)cc5)=C[C@@]4(O)C3)ccc2N1. The number of aliphatic hydroxyl groups is 2. The normalized spacial score (nSPS) is 23.5. The van der Waals surface area contributed by atoms with Crippen molar-refractivity contribution < 1.29 is 24.1 Å². The molecule has 2 aliphatic heterocycles. The van der Waals surface area contributed by atoms with Crippen LogP contribution in [0.5, 0.6) is 5.75 Å². The number of nitrogens with one attached hydrogen (secondary N) is 1. The molecule has 31 heavy (non-hydrogen) atoms. The van der Waals surface area contributed by atoms with Crippen molar-refractivity contribution in [2.24, 2.45) is 0 Å². The average Bonchev–Trinajstić information content (AvgIpc) is 3.19. The molecule has 7 heteroatoms. The number of carbonyl (C=O) groups is 1. The van der Waals surface area contributed by atoms with Crippen LogP contribution in [0.4, 0.5) is 10.1 Å². The summed E-state index contributed by atoms with van der Waals surface area (Å²) in [6, 6.07) is 11.3. The Morgan fingerprint density at radius 1 is 1.19 bits per heavy atom. The molecule has 0 aromatic heterocycles. The van der Waals surface area contributed by atoms with Crippen molar-refractivity contribution in [3.8, 4) is 5.75 Å². The van der Waals surface area contributed by atoms with Crippen LogP contribution in [0.25, 0.3) is 0 Å². The zero-order chi connectivity index (χ0) is 21.6. The van der Waals surface area contributed by atoms with Gasteiger partial charge in [0, 0.05) is 31.7 Å². The number of amides is 1. The van der Waals surface area contributed by atoms with Gasteiger partial charge in [-0.3, -0.25) is 9.69 Å². The quantitative estimate of drug-likeness (QED) is 0.690. The fraction of sp³-hybridized carbons (Fsp3) is 0.292. The van der Waals surface area contributed by atoms with Crippen LogP contribution in [0, 0.1) is 5.82 Å². The highest BCUT2D eigenvalue weighted by Gasteiger charge is 2.43. The Morgan fingerprint density at radius 3 is 2.77 bits per heavy atom. The van der Waals surface area contributed by atoms with Gasteiger partial charge in [-0.05, 0) is 65.6 Å². The van der Waals surface area contributed by atoms with Gasteiger partial charge in [0.2, 0.25) is 5.91 Å². The van der Waals surface area contributed by atoms with Gasteiger partial charge in [0.15, 0.2) is 0 Å². The first-order valence-corrected chi connectivity index (χ1v) is 10.3. The number of likely N-dealkylation sites (tertiary alicyclic amines) is 1. The van der Waals surface area contributed by atoms with E-state index >= 15 is 0 Å². The van der Waals surface area contributed by atoms with Crippen molar-refractivity contribution in [1.82, 2.24) is 4.90 Å². The van der Waals surface area contributed by atoms with Crippen LogP contribution in [0.2, 0.25) is 0 Å². The number of benzene rings is 2. The number of ether oxygens (including phenoxy) is 1. The lowest BCUT2D eigenvalue weighted by molar-refractivity contribution is -0.116. The molecule has 5 rings (SSSR count). The number of nitrogens with zero attached hydrogens (tertiary/aromatic N) is 1. The zero-order valence-corrected chi connectivity index (χ0v) is 16.8. The molecule has 1 saturated heterocycles. The van der Waals surface area contributed by atoms with Crippen LogP contribution in [-0.2, 0) is 11.2 Å². The summed E-state index contributed by atoms with van der Waals surface area (Å²) in [5, 5.41) is 24.6. The van der Waals surface area contributed by atoms with Gasteiger partial charge in [-0.1, -0.05) is 12.1 Å². The maximum atomic E-state index is 13.1. The fourth-order valence-corrected chi connectivity index (χ4v) is 4.42. The van der Waals surface area contributed by atoms with E-state index in [0.717, 1.165) is 22.4 Å². The number of carbonyl (C=O) groups excluding carboxylic acids is 1. The molecule has 3 aliphatic rings. The Bertz CT molecular complexity index is 1100. The molecule has 2 atom stereocenters. The van der Waals surface area contributed by atoms with Crippen LogP contribution < -0.4 is 10.1 Å². The number of anilines is 1. The van der Waals surface area contributed by atoms with Gasteiger partial charge in [0.1, 0.15) is 22.9 Å². The number of hydrogen-bond donors (Lipinski definition) is 3. The Balaban J connectivity index is 1.23. The number of halogens is 1. The Kier molecular flexibility index (Phi) is 4.89. The van der Waals surface area contributed by atoms with Gasteiger partial charge in [-0.25, -0.2) is 4.39 Å². The summed E-state index contributed by atoms with van der Waals surface area (Å²) >= 11 is 0. The summed E-state index contributed by atoms with van der Waals surface area (Å²) in [6.07, 6.45) is 3.88. The second kappa shape index (κ2) is 7.60. The van der Waals surface area contributed by atoms with Crippen molar-refractivity contribution in [2.45, 2.75) is 24.5 Å². The molecular weight excluding hydrogens is 399 g/mol. The molecule has 160 valence electrons. The van der Waals surface area contributed by atoms with E-state index in [1.54, 1.807) is 24.3 Å². The predicted octanol–water partition coefficient (Wildman–Crippen LogP) is 2.69. The van der Waals surface area contributed by atoms with E-state index in [2.05, 4.69) is 5.32 Å². The third-order valence-electron chi connectivity index (χ3n) is 6.00. The van der Waals surface area contributed by atoms with Gasteiger partial charge in [0.25, 0.3) is 0 Å². The van der Waals surface area contributed by atoms with Crippen molar-refractivity contribution >= 4 is 11.6 Å². The maximum Gasteiger partial charge on any atom is 0.224 e. The molecule has 2 aromatic carbocycles. The number of rotatable bonds is 5. The molecule has 6 nitrogen and oxygen atoms in total. The molecule has 0 spiro atoms. The molecule has 3 N–H and O–H groups in total. The topological polar surface area (TPSA) is 82.0 Å². The highest BCUT2D eigenvalue weighted by Crippen LogP contribution is 2.37. The molecule has 0 radical (unpaired) electrons. The molecule has 0 bridgehead atoms. The van der Waals surface area contributed by atoms with Crippen molar-refractivity contribution in [2.75, 3.05) is 25.0 Å². The number of hydrogen-bond acceptors (Lipinski definition) is 5. The number of aryl methyl sites for hydroxylation is 1. The second-order valence-corrected chi connectivity index (χ2v) is 8.35. The summed E-state index contributed by atoms with van der Waals surface area (Å²) in [5.74, 6) is 0.714. The molecule has 2 aromatic rings. The second-order valence-electron chi connectivity index (χ2n) is 8.35. The summed E-state index contributed by atoms with van der Waals surface area (Å²) < 4.78 is 18.8. The third kappa shape index (κ3) is 3.99. The molecular formula is C24H23FN2O4. The standard InChI is InChI=1S/C24H23FN2O4/c25-18-3-5-19(6-4-18)31-20-10-17-12-27(14-24(17,30)11-20)13-22(28)16-1-7-21-15(9-16)2-8-23(29)26-21/h1,3-7,9-11,22,28,30H,2,8,12-14H2,(H,26,29)/t22-,24+/m0/s1. The van der Waals surface area contributed by atoms with E-state index in [0.29, 0.717) is 44.0 Å². The van der Waals surface area contributed by atoms with E-state index in [1.165, 1.54) is 12.1 Å². The van der Waals surface area contributed by atoms with Crippen molar-refractivity contribution in [1.29, 1.82) is 0 Å². The van der Waals surface area contributed by atoms with Crippen LogP contribution in [0.3, 0.4) is 0 Å². The molecule has 2 heterocycles. The van der Waals surface area contributed by atoms with Crippen LogP contribution >= 0.6 is 0 Å². The van der Waals surface area contributed by atoms with Crippen LogP contribution in [0.1, 0.15) is 23.7 Å². The number of β-amino-alcohol motifs (C(OH)–C–C–N with tert-alkyl or cyclic N) is 2. The first kappa shape index (κ1) is 19.9. The number of aliphatic hydroxyl groups excluding tert-OH is 1.